The molecule has 0 N–H and O–H groups in total. The lowest BCUT2D eigenvalue weighted by Gasteiger charge is -2.07. The molecule has 0 atom stereocenters. The van der Waals surface area contributed by atoms with Gasteiger partial charge in [-0.2, -0.15) is 0 Å². The van der Waals surface area contributed by atoms with E-state index >= 15 is 0 Å². The maximum Gasteiger partial charge on any atom is 0.152 e. The van der Waals surface area contributed by atoms with Gasteiger partial charge >= 0.3 is 0 Å². The molecule has 0 radical (unpaired) electrons. The Hall–Kier alpha value is -2.26. The third-order valence-corrected chi connectivity index (χ3v) is 2.94. The van der Waals surface area contributed by atoms with Crippen molar-refractivity contribution in [1.82, 2.24) is 15.2 Å². The van der Waals surface area contributed by atoms with E-state index in [0.717, 1.165) is 22.5 Å². The Morgan fingerprint density at radius 3 is 2.37 bits per heavy atom. The molecule has 0 amide bonds. The number of pyridine rings is 1. The van der Waals surface area contributed by atoms with Crippen molar-refractivity contribution >= 4 is 11.6 Å². The molecule has 3 rings (SSSR count). The zero-order chi connectivity index (χ0) is 13.1. The molecule has 0 aliphatic carbocycles. The van der Waals surface area contributed by atoms with E-state index in [9.17, 15) is 0 Å². The first-order valence-corrected chi connectivity index (χ1v) is 6.22. The average molecular weight is 268 g/mol. The number of aromatic nitrogens is 3. The van der Waals surface area contributed by atoms with Gasteiger partial charge in [0.1, 0.15) is 5.69 Å². The zero-order valence-electron chi connectivity index (χ0n) is 9.99. The number of nitrogens with zero attached hydrogens (tertiary/aromatic N) is 3. The molecule has 0 fully saturated rings. The summed E-state index contributed by atoms with van der Waals surface area (Å²) in [4.78, 5) is 4.35. The largest absolute Gasteiger partial charge is 0.256 e. The molecule has 1 aromatic carbocycles. The summed E-state index contributed by atoms with van der Waals surface area (Å²) in [5.41, 5.74) is 3.49. The molecule has 2 aromatic heterocycles. The number of rotatable bonds is 2. The number of hydrogen-bond acceptors (Lipinski definition) is 3. The average Bonchev–Trinajstić information content (AvgIpc) is 2.49. The Labute approximate surface area is 115 Å². The molecule has 0 aliphatic heterocycles. The summed E-state index contributed by atoms with van der Waals surface area (Å²) in [6.07, 6.45) is 1.75. The molecule has 92 valence electrons. The summed E-state index contributed by atoms with van der Waals surface area (Å²) in [5.74, 6) is 0. The fraction of sp³-hybridized carbons (Fsp3) is 0. The highest BCUT2D eigenvalue weighted by Crippen LogP contribution is 2.29. The van der Waals surface area contributed by atoms with Crippen molar-refractivity contribution in [2.75, 3.05) is 0 Å². The van der Waals surface area contributed by atoms with Crippen LogP contribution in [-0.2, 0) is 0 Å². The van der Waals surface area contributed by atoms with Crippen molar-refractivity contribution in [2.45, 2.75) is 0 Å². The molecule has 2 heterocycles. The van der Waals surface area contributed by atoms with Crippen LogP contribution in [-0.4, -0.2) is 15.2 Å². The normalized spacial score (nSPS) is 10.4. The summed E-state index contributed by atoms with van der Waals surface area (Å²) >= 11 is 5.95. The molecule has 0 bridgehead atoms. The SMILES string of the molecule is Clc1cc(-c2ccccn2)c(-c2ccccc2)nn1. The minimum Gasteiger partial charge on any atom is -0.256 e. The molecular formula is C15H10ClN3. The van der Waals surface area contributed by atoms with Crippen LogP contribution in [0.25, 0.3) is 22.5 Å². The predicted octanol–water partition coefficient (Wildman–Crippen LogP) is 3.86. The minimum atomic E-state index is 0.361. The van der Waals surface area contributed by atoms with Gasteiger partial charge in [-0.25, -0.2) is 0 Å². The molecule has 3 nitrogen and oxygen atoms in total. The Morgan fingerprint density at radius 1 is 0.842 bits per heavy atom. The van der Waals surface area contributed by atoms with E-state index in [2.05, 4.69) is 15.2 Å². The monoisotopic (exact) mass is 267 g/mol. The summed E-state index contributed by atoms with van der Waals surface area (Å²) in [5, 5.41) is 8.49. The molecule has 3 aromatic rings. The first-order chi connectivity index (χ1) is 9.34. The van der Waals surface area contributed by atoms with E-state index in [1.165, 1.54) is 0 Å². The highest BCUT2D eigenvalue weighted by molar-refractivity contribution is 6.29. The van der Waals surface area contributed by atoms with Gasteiger partial charge in [0.15, 0.2) is 5.15 Å². The first kappa shape index (κ1) is 11.8. The van der Waals surface area contributed by atoms with Crippen molar-refractivity contribution in [3.05, 3.63) is 65.9 Å². The van der Waals surface area contributed by atoms with Crippen LogP contribution in [0.2, 0.25) is 5.15 Å². The number of benzene rings is 1. The van der Waals surface area contributed by atoms with Gasteiger partial charge in [0.2, 0.25) is 0 Å². The standard InChI is InChI=1S/C15H10ClN3/c16-14-10-12(13-8-4-5-9-17-13)15(19-18-14)11-6-2-1-3-7-11/h1-10H. The van der Waals surface area contributed by atoms with Crippen molar-refractivity contribution in [3.8, 4) is 22.5 Å². The van der Waals surface area contributed by atoms with Crippen LogP contribution in [0.4, 0.5) is 0 Å². The fourth-order valence-corrected chi connectivity index (χ4v) is 2.04. The third-order valence-electron chi connectivity index (χ3n) is 2.75. The van der Waals surface area contributed by atoms with E-state index in [1.807, 2.05) is 48.5 Å². The van der Waals surface area contributed by atoms with Crippen LogP contribution < -0.4 is 0 Å². The topological polar surface area (TPSA) is 38.7 Å². The van der Waals surface area contributed by atoms with Crippen molar-refractivity contribution in [3.63, 3.8) is 0 Å². The maximum absolute atomic E-state index is 5.95. The molecule has 0 saturated carbocycles. The van der Waals surface area contributed by atoms with E-state index in [0.29, 0.717) is 5.15 Å². The minimum absolute atomic E-state index is 0.361. The smallest absolute Gasteiger partial charge is 0.152 e. The van der Waals surface area contributed by atoms with Gasteiger partial charge in [0.25, 0.3) is 0 Å². The highest BCUT2D eigenvalue weighted by Gasteiger charge is 2.11. The zero-order valence-corrected chi connectivity index (χ0v) is 10.7. The van der Waals surface area contributed by atoms with Gasteiger partial charge in [0, 0.05) is 17.3 Å². The van der Waals surface area contributed by atoms with Gasteiger partial charge in [-0.05, 0) is 18.2 Å². The number of hydrogen-bond donors (Lipinski definition) is 0. The Bertz CT molecular complexity index is 684. The van der Waals surface area contributed by atoms with Crippen LogP contribution in [0, 0.1) is 0 Å². The van der Waals surface area contributed by atoms with Gasteiger partial charge in [-0.1, -0.05) is 48.0 Å². The van der Waals surface area contributed by atoms with E-state index in [4.69, 9.17) is 11.6 Å². The molecule has 0 aliphatic rings. The van der Waals surface area contributed by atoms with Crippen LogP contribution in [0.5, 0.6) is 0 Å². The molecule has 4 heteroatoms. The van der Waals surface area contributed by atoms with Crippen LogP contribution in [0.3, 0.4) is 0 Å². The van der Waals surface area contributed by atoms with Crippen LogP contribution in [0.1, 0.15) is 0 Å². The van der Waals surface area contributed by atoms with Crippen LogP contribution >= 0.6 is 11.6 Å². The van der Waals surface area contributed by atoms with Crippen molar-refractivity contribution in [1.29, 1.82) is 0 Å². The third kappa shape index (κ3) is 2.46. The van der Waals surface area contributed by atoms with Crippen LogP contribution in [0.15, 0.2) is 60.8 Å². The molecule has 0 unspecified atom stereocenters. The van der Waals surface area contributed by atoms with Gasteiger partial charge in [-0.15, -0.1) is 10.2 Å². The molecule has 0 spiro atoms. The predicted molar refractivity (Wildman–Crippen MR) is 75.7 cm³/mol. The highest BCUT2D eigenvalue weighted by atomic mass is 35.5. The summed E-state index contributed by atoms with van der Waals surface area (Å²) < 4.78 is 0. The lowest BCUT2D eigenvalue weighted by Crippen LogP contribution is -1.94. The van der Waals surface area contributed by atoms with E-state index < -0.39 is 0 Å². The lowest BCUT2D eigenvalue weighted by atomic mass is 10.0. The Kier molecular flexibility index (Phi) is 3.21. The number of halogens is 1. The van der Waals surface area contributed by atoms with Crippen molar-refractivity contribution < 1.29 is 0 Å². The van der Waals surface area contributed by atoms with Gasteiger partial charge in [-0.3, -0.25) is 4.98 Å². The van der Waals surface area contributed by atoms with E-state index in [-0.39, 0.29) is 0 Å². The quantitative estimate of drug-likeness (QED) is 0.708. The molecule has 19 heavy (non-hydrogen) atoms. The first-order valence-electron chi connectivity index (χ1n) is 5.84. The van der Waals surface area contributed by atoms with Gasteiger partial charge in [0.05, 0.1) is 5.69 Å². The Morgan fingerprint density at radius 2 is 1.63 bits per heavy atom. The summed E-state index contributed by atoms with van der Waals surface area (Å²) in [6.45, 7) is 0. The summed E-state index contributed by atoms with van der Waals surface area (Å²) in [6, 6.07) is 17.4. The fourth-order valence-electron chi connectivity index (χ4n) is 1.89. The van der Waals surface area contributed by atoms with Crippen molar-refractivity contribution in [2.24, 2.45) is 0 Å². The Balaban J connectivity index is 2.21. The van der Waals surface area contributed by atoms with Gasteiger partial charge < -0.3 is 0 Å². The van der Waals surface area contributed by atoms with E-state index in [1.54, 1.807) is 12.3 Å². The lowest BCUT2D eigenvalue weighted by molar-refractivity contribution is 1.04. The second-order valence-corrected chi connectivity index (χ2v) is 4.40. The summed E-state index contributed by atoms with van der Waals surface area (Å²) in [7, 11) is 0. The molecular weight excluding hydrogens is 258 g/mol. The second-order valence-electron chi connectivity index (χ2n) is 4.01. The maximum atomic E-state index is 5.95. The second kappa shape index (κ2) is 5.16. The molecule has 0 saturated heterocycles.